The van der Waals surface area contributed by atoms with Gasteiger partial charge in [-0.1, -0.05) is 49.5 Å². The predicted molar refractivity (Wildman–Crippen MR) is 83.1 cm³/mol. The van der Waals surface area contributed by atoms with Crippen molar-refractivity contribution in [3.63, 3.8) is 0 Å². The van der Waals surface area contributed by atoms with Crippen LogP contribution < -0.4 is 11.1 Å². The number of amides is 1. The third-order valence-corrected chi connectivity index (χ3v) is 3.51. The van der Waals surface area contributed by atoms with Crippen LogP contribution in [0.25, 0.3) is 0 Å². The minimum atomic E-state index is -0.565. The van der Waals surface area contributed by atoms with Gasteiger partial charge >= 0.3 is 0 Å². The number of thiocarbonyl (C=S) groups is 1. The van der Waals surface area contributed by atoms with E-state index in [2.05, 4.69) is 5.32 Å². The van der Waals surface area contributed by atoms with Crippen LogP contribution in [0, 0.1) is 0 Å². The van der Waals surface area contributed by atoms with Gasteiger partial charge in [-0.05, 0) is 25.8 Å². The summed E-state index contributed by atoms with van der Waals surface area (Å²) in [7, 11) is 0. The Labute approximate surface area is 120 Å². The molecule has 0 saturated heterocycles. The Morgan fingerprint density at radius 1 is 1.37 bits per heavy atom. The van der Waals surface area contributed by atoms with Crippen LogP contribution >= 0.6 is 12.2 Å². The summed E-state index contributed by atoms with van der Waals surface area (Å²) >= 11 is 4.90. The van der Waals surface area contributed by atoms with E-state index in [1.165, 1.54) is 0 Å². The molecule has 0 heterocycles. The Bertz CT molecular complexity index is 443. The molecule has 0 saturated carbocycles. The van der Waals surface area contributed by atoms with Crippen LogP contribution in [0.4, 0.5) is 0 Å². The Morgan fingerprint density at radius 3 is 2.42 bits per heavy atom. The van der Waals surface area contributed by atoms with E-state index < -0.39 is 5.41 Å². The van der Waals surface area contributed by atoms with Crippen molar-refractivity contribution in [1.82, 2.24) is 5.32 Å². The molecule has 1 atom stereocenters. The normalized spacial score (nSPS) is 12.8. The fourth-order valence-corrected chi connectivity index (χ4v) is 2.09. The van der Waals surface area contributed by atoms with Crippen molar-refractivity contribution in [2.24, 2.45) is 5.73 Å². The summed E-state index contributed by atoms with van der Waals surface area (Å²) in [5.74, 6) is 0.00167. The second-order valence-electron chi connectivity index (χ2n) is 5.24. The van der Waals surface area contributed by atoms with Gasteiger partial charge in [0.05, 0.1) is 10.4 Å². The van der Waals surface area contributed by atoms with Crippen molar-refractivity contribution in [3.8, 4) is 0 Å². The molecule has 0 fully saturated rings. The van der Waals surface area contributed by atoms with E-state index in [1.807, 2.05) is 51.1 Å². The molecule has 19 heavy (non-hydrogen) atoms. The first-order valence-corrected chi connectivity index (χ1v) is 6.93. The summed E-state index contributed by atoms with van der Waals surface area (Å²) in [6.45, 7) is 5.86. The highest BCUT2D eigenvalue weighted by atomic mass is 32.1. The summed E-state index contributed by atoms with van der Waals surface area (Å²) < 4.78 is 0. The molecule has 1 amide bonds. The molecule has 104 valence electrons. The minimum absolute atomic E-state index is 0.00167. The number of carbonyl (C=O) groups excluding carboxylic acids is 1. The average molecular weight is 278 g/mol. The first-order chi connectivity index (χ1) is 8.87. The molecule has 0 aliphatic carbocycles. The highest BCUT2D eigenvalue weighted by molar-refractivity contribution is 7.80. The fraction of sp³-hybridized carbons (Fsp3) is 0.467. The van der Waals surface area contributed by atoms with E-state index in [-0.39, 0.29) is 11.9 Å². The molecule has 0 radical (unpaired) electrons. The molecule has 3 nitrogen and oxygen atoms in total. The lowest BCUT2D eigenvalue weighted by Crippen LogP contribution is -2.46. The first kappa shape index (κ1) is 15.6. The smallest absolute Gasteiger partial charge is 0.230 e. The monoisotopic (exact) mass is 278 g/mol. The largest absolute Gasteiger partial charge is 0.393 e. The Kier molecular flexibility index (Phi) is 5.48. The predicted octanol–water partition coefficient (Wildman–Crippen LogP) is 2.54. The molecule has 0 spiro atoms. The van der Waals surface area contributed by atoms with Crippen molar-refractivity contribution in [3.05, 3.63) is 35.9 Å². The highest BCUT2D eigenvalue weighted by Gasteiger charge is 2.30. The summed E-state index contributed by atoms with van der Waals surface area (Å²) in [5, 5.41) is 3.03. The number of carbonyl (C=O) groups is 1. The topological polar surface area (TPSA) is 55.1 Å². The van der Waals surface area contributed by atoms with E-state index in [0.717, 1.165) is 12.0 Å². The van der Waals surface area contributed by atoms with Gasteiger partial charge in [0.15, 0.2) is 0 Å². The van der Waals surface area contributed by atoms with Gasteiger partial charge in [0.25, 0.3) is 0 Å². The number of nitrogens with two attached hydrogens (primary N) is 1. The van der Waals surface area contributed by atoms with Gasteiger partial charge in [0, 0.05) is 12.5 Å². The van der Waals surface area contributed by atoms with Crippen LogP contribution in [0.3, 0.4) is 0 Å². The highest BCUT2D eigenvalue weighted by Crippen LogP contribution is 2.23. The zero-order valence-corrected chi connectivity index (χ0v) is 12.6. The van der Waals surface area contributed by atoms with Crippen molar-refractivity contribution >= 4 is 23.1 Å². The quantitative estimate of drug-likeness (QED) is 0.786. The number of nitrogens with one attached hydrogen (secondary N) is 1. The van der Waals surface area contributed by atoms with Crippen molar-refractivity contribution in [2.75, 3.05) is 0 Å². The van der Waals surface area contributed by atoms with E-state index in [4.69, 9.17) is 18.0 Å². The zero-order chi connectivity index (χ0) is 14.5. The van der Waals surface area contributed by atoms with Crippen molar-refractivity contribution < 1.29 is 4.79 Å². The van der Waals surface area contributed by atoms with E-state index in [0.29, 0.717) is 11.4 Å². The third-order valence-electron chi connectivity index (χ3n) is 3.34. The van der Waals surface area contributed by atoms with Crippen molar-refractivity contribution in [1.29, 1.82) is 0 Å². The number of hydrogen-bond donors (Lipinski definition) is 2. The third kappa shape index (κ3) is 4.31. The Hall–Kier alpha value is -1.42. The van der Waals surface area contributed by atoms with Crippen LogP contribution in [0.5, 0.6) is 0 Å². The zero-order valence-electron chi connectivity index (χ0n) is 11.8. The van der Waals surface area contributed by atoms with Crippen LogP contribution in [-0.4, -0.2) is 16.9 Å². The molecule has 1 unspecified atom stereocenters. The van der Waals surface area contributed by atoms with Gasteiger partial charge in [-0.25, -0.2) is 0 Å². The Morgan fingerprint density at radius 2 is 1.95 bits per heavy atom. The molecule has 4 heteroatoms. The molecule has 0 aliphatic heterocycles. The molecule has 0 aliphatic rings. The summed E-state index contributed by atoms with van der Waals surface area (Å²) in [5.41, 5.74) is 5.98. The SMILES string of the molecule is CCC(CC(N)=S)NC(=O)C(C)(C)c1ccccc1. The number of rotatable bonds is 6. The molecule has 1 aromatic rings. The van der Waals surface area contributed by atoms with Crippen LogP contribution in [0.15, 0.2) is 30.3 Å². The maximum absolute atomic E-state index is 12.4. The lowest BCUT2D eigenvalue weighted by molar-refractivity contribution is -0.126. The van der Waals surface area contributed by atoms with E-state index in [9.17, 15) is 4.79 Å². The second-order valence-corrected chi connectivity index (χ2v) is 5.76. The first-order valence-electron chi connectivity index (χ1n) is 6.52. The molecule has 0 aromatic heterocycles. The van der Waals surface area contributed by atoms with Crippen LogP contribution in [-0.2, 0) is 10.2 Å². The lowest BCUT2D eigenvalue weighted by Gasteiger charge is -2.27. The molecule has 1 aromatic carbocycles. The minimum Gasteiger partial charge on any atom is -0.393 e. The van der Waals surface area contributed by atoms with Gasteiger partial charge in [-0.15, -0.1) is 0 Å². The lowest BCUT2D eigenvalue weighted by atomic mass is 9.83. The molecule has 0 bridgehead atoms. The fourth-order valence-electron chi connectivity index (χ4n) is 1.89. The molecular formula is C15H22N2OS. The maximum Gasteiger partial charge on any atom is 0.230 e. The molecular weight excluding hydrogens is 256 g/mol. The van der Waals surface area contributed by atoms with Crippen molar-refractivity contribution in [2.45, 2.75) is 45.1 Å². The standard InChI is InChI=1S/C15H22N2OS/c1-4-12(10-13(16)19)17-14(18)15(2,3)11-8-6-5-7-9-11/h5-9,12H,4,10H2,1-3H3,(H2,16,19)(H,17,18). The summed E-state index contributed by atoms with van der Waals surface area (Å²) in [6.07, 6.45) is 1.36. The van der Waals surface area contributed by atoms with Gasteiger partial charge in [0.2, 0.25) is 5.91 Å². The van der Waals surface area contributed by atoms with Gasteiger partial charge in [-0.3, -0.25) is 4.79 Å². The summed E-state index contributed by atoms with van der Waals surface area (Å²) in [4.78, 5) is 12.9. The average Bonchev–Trinajstić information content (AvgIpc) is 2.38. The van der Waals surface area contributed by atoms with Gasteiger partial charge in [0.1, 0.15) is 0 Å². The van der Waals surface area contributed by atoms with Crippen LogP contribution in [0.2, 0.25) is 0 Å². The summed E-state index contributed by atoms with van der Waals surface area (Å²) in [6, 6.07) is 9.77. The maximum atomic E-state index is 12.4. The second kappa shape index (κ2) is 6.66. The van der Waals surface area contributed by atoms with Gasteiger partial charge < -0.3 is 11.1 Å². The molecule has 3 N–H and O–H groups in total. The van der Waals surface area contributed by atoms with E-state index in [1.54, 1.807) is 0 Å². The Balaban J connectivity index is 2.78. The molecule has 1 rings (SSSR count). The van der Waals surface area contributed by atoms with Crippen LogP contribution in [0.1, 0.15) is 39.2 Å². The van der Waals surface area contributed by atoms with Gasteiger partial charge in [-0.2, -0.15) is 0 Å². The number of benzene rings is 1. The number of hydrogen-bond acceptors (Lipinski definition) is 2. The van der Waals surface area contributed by atoms with E-state index >= 15 is 0 Å².